The second-order valence-electron chi connectivity index (χ2n) is 8.99. The minimum absolute atomic E-state index is 0.595. The van der Waals surface area contributed by atoms with Crippen molar-refractivity contribution in [3.05, 3.63) is 33.4 Å². The molecule has 0 radical (unpaired) electrons. The minimum atomic E-state index is -1.21. The quantitative estimate of drug-likeness (QED) is 0.679. The van der Waals surface area contributed by atoms with Crippen LogP contribution >= 0.6 is 0 Å². The van der Waals surface area contributed by atoms with Crippen LogP contribution in [0.15, 0.2) is 0 Å². The Labute approximate surface area is 146 Å². The third kappa shape index (κ3) is 3.83. The highest BCUT2D eigenvalue weighted by atomic mass is 16.3. The van der Waals surface area contributed by atoms with Crippen LogP contribution in [0.2, 0.25) is 0 Å². The highest BCUT2D eigenvalue weighted by Crippen LogP contribution is 2.45. The van der Waals surface area contributed by atoms with E-state index in [0.717, 1.165) is 0 Å². The first kappa shape index (κ1) is 21.1. The van der Waals surface area contributed by atoms with Gasteiger partial charge in [-0.15, -0.1) is 0 Å². The smallest absolute Gasteiger partial charge is 0.0847 e. The summed E-state index contributed by atoms with van der Waals surface area (Å²) >= 11 is 0. The topological polar surface area (TPSA) is 80.9 Å². The Bertz CT molecular complexity index is 520. The van der Waals surface area contributed by atoms with Gasteiger partial charge in [0, 0.05) is 0 Å². The van der Waals surface area contributed by atoms with Crippen molar-refractivity contribution < 1.29 is 20.4 Å². The van der Waals surface area contributed by atoms with Crippen LogP contribution in [0.5, 0.6) is 0 Å². The SMILES string of the molecule is Cc1c(C(C)(C)O)c(C(C)(C)O)c(C)c(C(C)(C)O)c1C(C)(C)O. The minimum Gasteiger partial charge on any atom is -0.386 e. The highest BCUT2D eigenvalue weighted by molar-refractivity contribution is 5.58. The molecule has 0 amide bonds. The lowest BCUT2D eigenvalue weighted by atomic mass is 9.70. The molecule has 0 aliphatic carbocycles. The molecule has 0 unspecified atom stereocenters. The summed E-state index contributed by atoms with van der Waals surface area (Å²) in [6.07, 6.45) is 0. The summed E-state index contributed by atoms with van der Waals surface area (Å²) in [6.45, 7) is 17.0. The van der Waals surface area contributed by atoms with Gasteiger partial charge in [0.05, 0.1) is 22.4 Å². The molecule has 0 aliphatic rings. The van der Waals surface area contributed by atoms with E-state index in [4.69, 9.17) is 0 Å². The number of hydrogen-bond acceptors (Lipinski definition) is 4. The Balaban J connectivity index is 4.28. The molecule has 4 N–H and O–H groups in total. The van der Waals surface area contributed by atoms with Crippen molar-refractivity contribution in [1.82, 2.24) is 0 Å². The lowest BCUT2D eigenvalue weighted by Crippen LogP contribution is -2.35. The summed E-state index contributed by atoms with van der Waals surface area (Å²) in [7, 11) is 0. The number of benzene rings is 1. The zero-order chi connectivity index (χ0) is 19.5. The first-order valence-corrected chi connectivity index (χ1v) is 8.39. The lowest BCUT2D eigenvalue weighted by molar-refractivity contribution is 0.0398. The average Bonchev–Trinajstić information content (AvgIpc) is 2.24. The van der Waals surface area contributed by atoms with E-state index in [2.05, 4.69) is 0 Å². The first-order valence-electron chi connectivity index (χ1n) is 8.39. The van der Waals surface area contributed by atoms with Gasteiger partial charge in [0.2, 0.25) is 0 Å². The van der Waals surface area contributed by atoms with E-state index in [-0.39, 0.29) is 0 Å². The molecule has 0 saturated carbocycles. The van der Waals surface area contributed by atoms with Gasteiger partial charge in [0.15, 0.2) is 0 Å². The standard InChI is InChI=1S/C20H34O4/c1-11-13(17(3,4)21)15(19(7,8)23)12(2)16(20(9,10)24)14(11)18(5,6)22/h21-24H,1-10H3. The number of rotatable bonds is 4. The molecule has 0 aliphatic heterocycles. The van der Waals surface area contributed by atoms with Gasteiger partial charge in [-0.1, -0.05) is 0 Å². The number of hydrogen-bond donors (Lipinski definition) is 4. The average molecular weight is 338 g/mol. The second-order valence-corrected chi connectivity index (χ2v) is 8.99. The largest absolute Gasteiger partial charge is 0.386 e. The second kappa shape index (κ2) is 5.80. The summed E-state index contributed by atoms with van der Waals surface area (Å²) < 4.78 is 0. The van der Waals surface area contributed by atoms with E-state index in [9.17, 15) is 20.4 Å². The third-order valence-corrected chi connectivity index (χ3v) is 4.45. The maximum Gasteiger partial charge on any atom is 0.0847 e. The fraction of sp³-hybridized carbons (Fsp3) is 0.700. The van der Waals surface area contributed by atoms with Crippen molar-refractivity contribution in [3.63, 3.8) is 0 Å². The molecule has 0 saturated heterocycles. The molecule has 0 fully saturated rings. The summed E-state index contributed by atoms with van der Waals surface area (Å²) in [5.74, 6) is 0. The van der Waals surface area contributed by atoms with Gasteiger partial charge in [-0.3, -0.25) is 0 Å². The van der Waals surface area contributed by atoms with Crippen LogP contribution in [0.25, 0.3) is 0 Å². The van der Waals surface area contributed by atoms with Crippen LogP contribution in [0.3, 0.4) is 0 Å². The normalized spacial score (nSPS) is 14.2. The Morgan fingerprint density at radius 1 is 0.417 bits per heavy atom. The van der Waals surface area contributed by atoms with E-state index < -0.39 is 22.4 Å². The van der Waals surface area contributed by atoms with E-state index >= 15 is 0 Å². The number of aliphatic hydroxyl groups is 4. The summed E-state index contributed by atoms with van der Waals surface area (Å²) in [4.78, 5) is 0. The van der Waals surface area contributed by atoms with Gasteiger partial charge in [-0.25, -0.2) is 0 Å². The maximum absolute atomic E-state index is 10.8. The Morgan fingerprint density at radius 3 is 0.625 bits per heavy atom. The molecule has 24 heavy (non-hydrogen) atoms. The lowest BCUT2D eigenvalue weighted by Gasteiger charge is -2.39. The van der Waals surface area contributed by atoms with Gasteiger partial charge < -0.3 is 20.4 Å². The molecule has 1 aromatic rings. The molecular formula is C20H34O4. The van der Waals surface area contributed by atoms with Crippen LogP contribution in [-0.4, -0.2) is 20.4 Å². The van der Waals surface area contributed by atoms with Crippen molar-refractivity contribution in [2.75, 3.05) is 0 Å². The fourth-order valence-electron chi connectivity index (χ4n) is 4.06. The van der Waals surface area contributed by atoms with Crippen molar-refractivity contribution in [2.45, 2.75) is 91.6 Å². The fourth-order valence-corrected chi connectivity index (χ4v) is 4.06. The summed E-state index contributed by atoms with van der Waals surface area (Å²) in [5, 5.41) is 43.1. The first-order chi connectivity index (χ1) is 10.3. The van der Waals surface area contributed by atoms with Gasteiger partial charge >= 0.3 is 0 Å². The zero-order valence-corrected chi connectivity index (χ0v) is 16.8. The van der Waals surface area contributed by atoms with Crippen LogP contribution in [0.1, 0.15) is 88.8 Å². The zero-order valence-electron chi connectivity index (χ0n) is 16.8. The van der Waals surface area contributed by atoms with Crippen molar-refractivity contribution in [3.8, 4) is 0 Å². The molecule has 0 atom stereocenters. The van der Waals surface area contributed by atoms with Crippen LogP contribution in [0, 0.1) is 13.8 Å². The van der Waals surface area contributed by atoms with E-state index in [1.807, 2.05) is 13.8 Å². The Hall–Kier alpha value is -0.940. The van der Waals surface area contributed by atoms with Crippen LogP contribution in [0.4, 0.5) is 0 Å². The molecular weight excluding hydrogens is 304 g/mol. The highest BCUT2D eigenvalue weighted by Gasteiger charge is 2.40. The Kier molecular flexibility index (Phi) is 5.10. The third-order valence-electron chi connectivity index (χ3n) is 4.45. The van der Waals surface area contributed by atoms with E-state index in [1.165, 1.54) is 0 Å². The predicted octanol–water partition coefficient (Wildman–Crippen LogP) is 3.21. The monoisotopic (exact) mass is 338 g/mol. The molecule has 1 rings (SSSR count). The van der Waals surface area contributed by atoms with E-state index in [1.54, 1.807) is 55.4 Å². The van der Waals surface area contributed by atoms with Crippen molar-refractivity contribution >= 4 is 0 Å². The molecule has 0 heterocycles. The molecule has 0 bridgehead atoms. The van der Waals surface area contributed by atoms with Crippen LogP contribution in [-0.2, 0) is 22.4 Å². The van der Waals surface area contributed by atoms with Crippen molar-refractivity contribution in [1.29, 1.82) is 0 Å². The molecule has 4 nitrogen and oxygen atoms in total. The summed E-state index contributed by atoms with van der Waals surface area (Å²) in [5.41, 5.74) is -1.06. The summed E-state index contributed by atoms with van der Waals surface area (Å²) in [6, 6.07) is 0. The molecule has 138 valence electrons. The Morgan fingerprint density at radius 2 is 0.542 bits per heavy atom. The maximum atomic E-state index is 10.8. The van der Waals surface area contributed by atoms with Gasteiger partial charge in [0.1, 0.15) is 0 Å². The van der Waals surface area contributed by atoms with E-state index in [0.29, 0.717) is 33.4 Å². The van der Waals surface area contributed by atoms with Gasteiger partial charge in [0.25, 0.3) is 0 Å². The molecule has 0 spiro atoms. The predicted molar refractivity (Wildman–Crippen MR) is 96.9 cm³/mol. The van der Waals surface area contributed by atoms with Gasteiger partial charge in [-0.2, -0.15) is 0 Å². The molecule has 1 aromatic carbocycles. The van der Waals surface area contributed by atoms with Crippen LogP contribution < -0.4 is 0 Å². The molecule has 4 heteroatoms. The molecule has 0 aromatic heterocycles. The van der Waals surface area contributed by atoms with Crippen molar-refractivity contribution in [2.24, 2.45) is 0 Å². The van der Waals surface area contributed by atoms with Gasteiger partial charge in [-0.05, 0) is 103 Å².